The van der Waals surface area contributed by atoms with Crippen molar-refractivity contribution in [1.29, 1.82) is 0 Å². The van der Waals surface area contributed by atoms with E-state index in [-0.39, 0.29) is 42.2 Å². The Labute approximate surface area is 122 Å². The van der Waals surface area contributed by atoms with Crippen LogP contribution >= 0.6 is 0 Å². The standard InChI is InChI=1S/C12H20N6O3/c1-4-13-11-10(18(20)21)12(16-7-15-11)14-6-5-9(19)17-8(2)3/h7-8H,4-6H2,1-3H3,(H,17,19)(H2,13,14,15,16). The number of rotatable bonds is 8. The molecule has 1 amide bonds. The van der Waals surface area contributed by atoms with E-state index in [0.29, 0.717) is 6.54 Å². The lowest BCUT2D eigenvalue weighted by Crippen LogP contribution is -2.31. The summed E-state index contributed by atoms with van der Waals surface area (Å²) in [7, 11) is 0. The summed E-state index contributed by atoms with van der Waals surface area (Å²) >= 11 is 0. The normalized spacial score (nSPS) is 10.3. The van der Waals surface area contributed by atoms with Gasteiger partial charge in [0.25, 0.3) is 0 Å². The molecule has 1 aromatic rings. The molecule has 0 fully saturated rings. The SMILES string of the molecule is CCNc1ncnc(NCCC(=O)NC(C)C)c1[N+](=O)[O-]. The Morgan fingerprint density at radius 1 is 1.33 bits per heavy atom. The molecule has 0 atom stereocenters. The predicted octanol–water partition coefficient (Wildman–Crippen LogP) is 1.14. The second-order valence-electron chi connectivity index (χ2n) is 4.61. The van der Waals surface area contributed by atoms with Gasteiger partial charge in [-0.05, 0) is 20.8 Å². The number of aromatic nitrogens is 2. The number of amides is 1. The van der Waals surface area contributed by atoms with Crippen molar-refractivity contribution in [2.24, 2.45) is 0 Å². The summed E-state index contributed by atoms with van der Waals surface area (Å²) in [6.07, 6.45) is 1.44. The van der Waals surface area contributed by atoms with E-state index in [2.05, 4.69) is 25.9 Å². The van der Waals surface area contributed by atoms with E-state index in [4.69, 9.17) is 0 Å². The lowest BCUT2D eigenvalue weighted by molar-refractivity contribution is -0.383. The molecule has 3 N–H and O–H groups in total. The van der Waals surface area contributed by atoms with Crippen LogP contribution in [0.25, 0.3) is 0 Å². The van der Waals surface area contributed by atoms with E-state index in [1.807, 2.05) is 20.8 Å². The molecule has 0 aromatic carbocycles. The molecule has 116 valence electrons. The van der Waals surface area contributed by atoms with Crippen molar-refractivity contribution in [2.75, 3.05) is 23.7 Å². The van der Waals surface area contributed by atoms with Crippen LogP contribution in [0.4, 0.5) is 17.3 Å². The van der Waals surface area contributed by atoms with Gasteiger partial charge in [0.05, 0.1) is 4.92 Å². The number of hydrogen-bond donors (Lipinski definition) is 3. The zero-order chi connectivity index (χ0) is 15.8. The van der Waals surface area contributed by atoms with Gasteiger partial charge >= 0.3 is 5.69 Å². The van der Waals surface area contributed by atoms with Crippen LogP contribution in [-0.2, 0) is 4.79 Å². The minimum atomic E-state index is -0.547. The lowest BCUT2D eigenvalue weighted by Gasteiger charge is -2.10. The van der Waals surface area contributed by atoms with Crippen LogP contribution in [0, 0.1) is 10.1 Å². The third-order valence-corrected chi connectivity index (χ3v) is 2.44. The van der Waals surface area contributed by atoms with E-state index in [1.54, 1.807) is 0 Å². The van der Waals surface area contributed by atoms with Crippen LogP contribution in [0.3, 0.4) is 0 Å². The number of nitrogens with one attached hydrogen (secondary N) is 3. The Morgan fingerprint density at radius 3 is 2.48 bits per heavy atom. The van der Waals surface area contributed by atoms with Crippen molar-refractivity contribution in [3.63, 3.8) is 0 Å². The summed E-state index contributed by atoms with van der Waals surface area (Å²) in [5.74, 6) is 0.135. The smallest absolute Gasteiger partial charge is 0.353 e. The first-order valence-corrected chi connectivity index (χ1v) is 6.72. The molecule has 9 heteroatoms. The van der Waals surface area contributed by atoms with Crippen LogP contribution in [0.1, 0.15) is 27.2 Å². The molecule has 0 saturated heterocycles. The maximum Gasteiger partial charge on any atom is 0.353 e. The summed E-state index contributed by atoms with van der Waals surface area (Å²) < 4.78 is 0. The summed E-state index contributed by atoms with van der Waals surface area (Å²) in [5, 5.41) is 19.5. The molecule has 0 unspecified atom stereocenters. The highest BCUT2D eigenvalue weighted by Gasteiger charge is 2.22. The summed E-state index contributed by atoms with van der Waals surface area (Å²) in [5.41, 5.74) is -0.219. The van der Waals surface area contributed by atoms with Crippen molar-refractivity contribution in [2.45, 2.75) is 33.2 Å². The highest BCUT2D eigenvalue weighted by Crippen LogP contribution is 2.28. The Balaban J connectivity index is 2.72. The van der Waals surface area contributed by atoms with Gasteiger partial charge < -0.3 is 16.0 Å². The van der Waals surface area contributed by atoms with Crippen LogP contribution < -0.4 is 16.0 Å². The number of nitro groups is 1. The third kappa shape index (κ3) is 5.21. The predicted molar refractivity (Wildman–Crippen MR) is 79.2 cm³/mol. The number of anilines is 2. The largest absolute Gasteiger partial charge is 0.364 e. The molecule has 0 bridgehead atoms. The number of carbonyl (C=O) groups excluding carboxylic acids is 1. The van der Waals surface area contributed by atoms with Gasteiger partial charge in [-0.2, -0.15) is 0 Å². The first-order chi connectivity index (χ1) is 9.95. The van der Waals surface area contributed by atoms with Crippen molar-refractivity contribution in [3.8, 4) is 0 Å². The topological polar surface area (TPSA) is 122 Å². The van der Waals surface area contributed by atoms with Gasteiger partial charge in [-0.25, -0.2) is 9.97 Å². The fourth-order valence-corrected chi connectivity index (χ4v) is 1.67. The van der Waals surface area contributed by atoms with Crippen LogP contribution in [0.5, 0.6) is 0 Å². The summed E-state index contributed by atoms with van der Waals surface area (Å²) in [6, 6.07) is 0.0613. The van der Waals surface area contributed by atoms with Crippen molar-refractivity contribution in [3.05, 3.63) is 16.4 Å². The molecule has 0 radical (unpaired) electrons. The molecule has 9 nitrogen and oxygen atoms in total. The molecule has 0 saturated carbocycles. The second kappa shape index (κ2) is 7.98. The Hall–Kier alpha value is -2.45. The zero-order valence-electron chi connectivity index (χ0n) is 12.3. The van der Waals surface area contributed by atoms with Gasteiger partial charge in [0.15, 0.2) is 0 Å². The van der Waals surface area contributed by atoms with Gasteiger partial charge in [0.1, 0.15) is 6.33 Å². The Morgan fingerprint density at radius 2 is 1.95 bits per heavy atom. The second-order valence-corrected chi connectivity index (χ2v) is 4.61. The molecule has 0 aliphatic heterocycles. The van der Waals surface area contributed by atoms with E-state index < -0.39 is 4.92 Å². The van der Waals surface area contributed by atoms with Gasteiger partial charge in [-0.1, -0.05) is 0 Å². The average molecular weight is 296 g/mol. The number of hydrogen-bond acceptors (Lipinski definition) is 7. The van der Waals surface area contributed by atoms with Crippen LogP contribution in [0.2, 0.25) is 0 Å². The minimum absolute atomic E-state index is 0.0613. The Bertz CT molecular complexity index is 506. The van der Waals surface area contributed by atoms with E-state index in [1.165, 1.54) is 6.33 Å². The number of carbonyl (C=O) groups is 1. The van der Waals surface area contributed by atoms with Gasteiger partial charge in [0, 0.05) is 25.6 Å². The first-order valence-electron chi connectivity index (χ1n) is 6.72. The molecule has 1 aromatic heterocycles. The maximum atomic E-state index is 11.5. The van der Waals surface area contributed by atoms with Crippen LogP contribution in [0.15, 0.2) is 6.33 Å². The van der Waals surface area contributed by atoms with Gasteiger partial charge in [-0.3, -0.25) is 14.9 Å². The zero-order valence-corrected chi connectivity index (χ0v) is 12.3. The van der Waals surface area contributed by atoms with Gasteiger partial charge in [0.2, 0.25) is 17.5 Å². The molecule has 0 aliphatic rings. The maximum absolute atomic E-state index is 11.5. The molecule has 0 aliphatic carbocycles. The van der Waals surface area contributed by atoms with E-state index in [0.717, 1.165) is 0 Å². The molecule has 21 heavy (non-hydrogen) atoms. The van der Waals surface area contributed by atoms with Crippen molar-refractivity contribution >= 4 is 23.2 Å². The molecular weight excluding hydrogens is 276 g/mol. The third-order valence-electron chi connectivity index (χ3n) is 2.44. The molecule has 1 rings (SSSR count). The van der Waals surface area contributed by atoms with Crippen LogP contribution in [-0.4, -0.2) is 39.9 Å². The molecule has 0 spiro atoms. The van der Waals surface area contributed by atoms with E-state index >= 15 is 0 Å². The fourth-order valence-electron chi connectivity index (χ4n) is 1.67. The monoisotopic (exact) mass is 296 g/mol. The first kappa shape index (κ1) is 16.6. The molecule has 1 heterocycles. The highest BCUT2D eigenvalue weighted by atomic mass is 16.6. The molecular formula is C12H20N6O3. The average Bonchev–Trinajstić information content (AvgIpc) is 2.38. The number of nitrogens with zero attached hydrogens (tertiary/aromatic N) is 3. The van der Waals surface area contributed by atoms with Crippen molar-refractivity contribution < 1.29 is 9.72 Å². The Kier molecular flexibility index (Phi) is 6.31. The quantitative estimate of drug-likeness (QED) is 0.485. The van der Waals surface area contributed by atoms with Crippen molar-refractivity contribution in [1.82, 2.24) is 15.3 Å². The summed E-state index contributed by atoms with van der Waals surface area (Å²) in [4.78, 5) is 29.8. The minimum Gasteiger partial charge on any atom is -0.364 e. The fraction of sp³-hybridized carbons (Fsp3) is 0.583. The van der Waals surface area contributed by atoms with Gasteiger partial charge in [-0.15, -0.1) is 0 Å². The highest BCUT2D eigenvalue weighted by molar-refractivity contribution is 5.77. The lowest BCUT2D eigenvalue weighted by atomic mass is 10.3. The summed E-state index contributed by atoms with van der Waals surface area (Å²) in [6.45, 7) is 6.30. The van der Waals surface area contributed by atoms with E-state index in [9.17, 15) is 14.9 Å².